The Labute approximate surface area is 103 Å². The highest BCUT2D eigenvalue weighted by atomic mass is 19.4. The molecule has 0 spiro atoms. The van der Waals surface area contributed by atoms with Gasteiger partial charge < -0.3 is 16.2 Å². The number of amides is 1. The lowest BCUT2D eigenvalue weighted by Gasteiger charge is -2.29. The fraction of sp³-hybridized carbons (Fsp3) is 0.800. The molecule has 1 amide bonds. The van der Waals surface area contributed by atoms with E-state index < -0.39 is 35.6 Å². The lowest BCUT2D eigenvalue weighted by atomic mass is 9.96. The van der Waals surface area contributed by atoms with Crippen molar-refractivity contribution in [3.8, 4) is 0 Å². The minimum absolute atomic E-state index is 0.393. The van der Waals surface area contributed by atoms with E-state index in [1.807, 2.05) is 5.32 Å². The molecule has 0 aliphatic rings. The van der Waals surface area contributed by atoms with Gasteiger partial charge in [0.05, 0.1) is 0 Å². The van der Waals surface area contributed by atoms with Crippen LogP contribution in [0.25, 0.3) is 0 Å². The summed E-state index contributed by atoms with van der Waals surface area (Å²) in [7, 11) is 0. The molecule has 4 N–H and O–H groups in total. The third kappa shape index (κ3) is 3.59. The molecule has 0 aromatic heterocycles. The molecule has 3 atom stereocenters. The van der Waals surface area contributed by atoms with Crippen molar-refractivity contribution in [1.82, 2.24) is 5.32 Å². The summed E-state index contributed by atoms with van der Waals surface area (Å²) in [5, 5.41) is 10.7. The lowest BCUT2D eigenvalue weighted by Crippen LogP contribution is -2.64. The van der Waals surface area contributed by atoms with E-state index in [1.165, 1.54) is 6.92 Å². The Bertz CT molecular complexity index is 329. The van der Waals surface area contributed by atoms with Crippen LogP contribution in [0, 0.1) is 5.92 Å². The molecule has 0 aromatic carbocycles. The van der Waals surface area contributed by atoms with Gasteiger partial charge in [-0.2, -0.15) is 13.2 Å². The van der Waals surface area contributed by atoms with E-state index in [0.29, 0.717) is 13.3 Å². The van der Waals surface area contributed by atoms with Gasteiger partial charge in [-0.15, -0.1) is 0 Å². The van der Waals surface area contributed by atoms with Crippen molar-refractivity contribution in [2.75, 3.05) is 0 Å². The first-order chi connectivity index (χ1) is 7.95. The molecule has 8 heteroatoms. The number of carboxylic acids is 1. The quantitative estimate of drug-likeness (QED) is 0.691. The van der Waals surface area contributed by atoms with Crippen molar-refractivity contribution in [2.45, 2.75) is 44.9 Å². The maximum absolute atomic E-state index is 12.5. The van der Waals surface area contributed by atoms with E-state index in [4.69, 9.17) is 10.8 Å². The number of carbonyl (C=O) groups is 2. The maximum Gasteiger partial charge on any atom is 0.415 e. The monoisotopic (exact) mass is 270 g/mol. The van der Waals surface area contributed by atoms with Gasteiger partial charge in [0.1, 0.15) is 6.04 Å². The maximum atomic E-state index is 12.5. The number of rotatable bonds is 5. The van der Waals surface area contributed by atoms with E-state index in [0.717, 1.165) is 0 Å². The van der Waals surface area contributed by atoms with Crippen LogP contribution < -0.4 is 11.1 Å². The van der Waals surface area contributed by atoms with E-state index >= 15 is 0 Å². The van der Waals surface area contributed by atoms with Crippen LogP contribution in [-0.4, -0.2) is 34.7 Å². The van der Waals surface area contributed by atoms with Crippen LogP contribution in [0.1, 0.15) is 27.2 Å². The molecule has 0 rings (SSSR count). The highest BCUT2D eigenvalue weighted by molar-refractivity contribution is 5.90. The lowest BCUT2D eigenvalue weighted by molar-refractivity contribution is -0.188. The number of carboxylic acid groups (broad SMARTS) is 1. The van der Waals surface area contributed by atoms with Crippen molar-refractivity contribution in [3.63, 3.8) is 0 Å². The van der Waals surface area contributed by atoms with Crippen LogP contribution in [0.15, 0.2) is 0 Å². The highest BCUT2D eigenvalue weighted by Crippen LogP contribution is 2.28. The number of hydrogen-bond acceptors (Lipinski definition) is 3. The molecule has 18 heavy (non-hydrogen) atoms. The Balaban J connectivity index is 4.98. The minimum Gasteiger partial charge on any atom is -0.480 e. The van der Waals surface area contributed by atoms with Gasteiger partial charge in [-0.3, -0.25) is 4.79 Å². The largest absolute Gasteiger partial charge is 0.480 e. The third-order valence-corrected chi connectivity index (χ3v) is 2.83. The van der Waals surface area contributed by atoms with E-state index in [2.05, 4.69) is 0 Å². The number of nitrogens with one attached hydrogen (secondary N) is 1. The summed E-state index contributed by atoms with van der Waals surface area (Å²) in [4.78, 5) is 22.3. The number of aliphatic carboxylic acids is 1. The fourth-order valence-corrected chi connectivity index (χ4v) is 1.10. The van der Waals surface area contributed by atoms with Crippen LogP contribution >= 0.6 is 0 Å². The molecule has 0 bridgehead atoms. The average molecular weight is 270 g/mol. The number of nitrogens with two attached hydrogens (primary N) is 1. The van der Waals surface area contributed by atoms with Crippen LogP contribution in [0.4, 0.5) is 13.2 Å². The first kappa shape index (κ1) is 16.7. The van der Waals surface area contributed by atoms with Crippen LogP contribution in [-0.2, 0) is 9.59 Å². The normalized spacial score (nSPS) is 18.6. The van der Waals surface area contributed by atoms with Gasteiger partial charge in [-0.05, 0) is 12.8 Å². The van der Waals surface area contributed by atoms with Gasteiger partial charge in [-0.1, -0.05) is 20.3 Å². The van der Waals surface area contributed by atoms with Gasteiger partial charge in [0.15, 0.2) is 5.54 Å². The number of hydrogen-bond donors (Lipinski definition) is 3. The van der Waals surface area contributed by atoms with Gasteiger partial charge in [0, 0.05) is 0 Å². The van der Waals surface area contributed by atoms with Crippen molar-refractivity contribution < 1.29 is 27.9 Å². The van der Waals surface area contributed by atoms with Gasteiger partial charge in [0.2, 0.25) is 5.91 Å². The summed E-state index contributed by atoms with van der Waals surface area (Å²) < 4.78 is 37.5. The topological polar surface area (TPSA) is 92.4 Å². The predicted molar refractivity (Wildman–Crippen MR) is 57.7 cm³/mol. The Hall–Kier alpha value is -1.31. The van der Waals surface area contributed by atoms with Crippen LogP contribution in [0.5, 0.6) is 0 Å². The first-order valence-electron chi connectivity index (χ1n) is 5.34. The van der Waals surface area contributed by atoms with Gasteiger partial charge in [0.25, 0.3) is 0 Å². The summed E-state index contributed by atoms with van der Waals surface area (Å²) in [5.74, 6) is -3.45. The van der Waals surface area contributed by atoms with Crippen molar-refractivity contribution in [3.05, 3.63) is 0 Å². The molecular formula is C10H17F3N2O3. The Morgan fingerprint density at radius 2 is 1.83 bits per heavy atom. The predicted octanol–water partition coefficient (Wildman–Crippen LogP) is 0.882. The highest BCUT2D eigenvalue weighted by Gasteiger charge is 2.54. The zero-order valence-corrected chi connectivity index (χ0v) is 10.3. The van der Waals surface area contributed by atoms with Crippen molar-refractivity contribution in [2.24, 2.45) is 11.7 Å². The summed E-state index contributed by atoms with van der Waals surface area (Å²) in [5.41, 5.74) is 1.78. The first-order valence-corrected chi connectivity index (χ1v) is 5.34. The third-order valence-electron chi connectivity index (χ3n) is 2.83. The Kier molecular flexibility index (Phi) is 5.15. The fourth-order valence-electron chi connectivity index (χ4n) is 1.10. The molecule has 0 fully saturated rings. The summed E-state index contributed by atoms with van der Waals surface area (Å²) in [6.45, 7) is 3.68. The van der Waals surface area contributed by atoms with E-state index in [-0.39, 0.29) is 0 Å². The van der Waals surface area contributed by atoms with Gasteiger partial charge >= 0.3 is 12.1 Å². The molecule has 106 valence electrons. The Morgan fingerprint density at radius 3 is 2.11 bits per heavy atom. The number of alkyl halides is 3. The molecule has 0 saturated heterocycles. The zero-order valence-electron chi connectivity index (χ0n) is 10.3. The van der Waals surface area contributed by atoms with Crippen molar-refractivity contribution >= 4 is 11.9 Å². The van der Waals surface area contributed by atoms with Crippen LogP contribution in [0.3, 0.4) is 0 Å². The summed E-state index contributed by atoms with van der Waals surface area (Å²) in [6, 6.07) is -1.40. The molecule has 0 radical (unpaired) electrons. The van der Waals surface area contributed by atoms with Crippen LogP contribution in [0.2, 0.25) is 0 Å². The second-order valence-corrected chi connectivity index (χ2v) is 4.38. The second-order valence-electron chi connectivity index (χ2n) is 4.38. The molecule has 0 aromatic rings. The summed E-state index contributed by atoms with van der Waals surface area (Å²) >= 11 is 0. The molecule has 0 heterocycles. The smallest absolute Gasteiger partial charge is 0.415 e. The van der Waals surface area contributed by atoms with E-state index in [9.17, 15) is 22.8 Å². The number of halogens is 3. The molecular weight excluding hydrogens is 253 g/mol. The molecule has 0 aliphatic carbocycles. The second kappa shape index (κ2) is 5.55. The molecule has 0 aliphatic heterocycles. The molecule has 1 unspecified atom stereocenters. The summed E-state index contributed by atoms with van der Waals surface area (Å²) in [6.07, 6.45) is -4.56. The number of carbonyl (C=O) groups excluding carboxylic acids is 1. The molecule has 5 nitrogen and oxygen atoms in total. The van der Waals surface area contributed by atoms with Gasteiger partial charge in [-0.25, -0.2) is 4.79 Å². The zero-order chi connectivity index (χ0) is 14.7. The van der Waals surface area contributed by atoms with E-state index in [1.54, 1.807) is 6.92 Å². The molecule has 0 saturated carbocycles. The van der Waals surface area contributed by atoms with Crippen molar-refractivity contribution in [1.29, 1.82) is 0 Å². The SMILES string of the molecule is CC[C@H](C)[C@H](NC(=O)C(C)(N)C(F)(F)F)C(=O)O. The minimum atomic E-state index is -4.95. The Morgan fingerprint density at radius 1 is 1.39 bits per heavy atom. The average Bonchev–Trinajstić information content (AvgIpc) is 2.22. The standard InChI is InChI=1S/C10H17F3N2O3/c1-4-5(2)6(7(16)17)15-8(18)9(3,14)10(11,12)13/h5-6H,4,14H2,1-3H3,(H,15,18)(H,16,17)/t5-,6-,9?/m0/s1.